The molecule has 0 aromatic rings. The fraction of sp³-hybridized carbons (Fsp3) is 0.889. The van der Waals surface area contributed by atoms with Crippen molar-refractivity contribution in [3.05, 3.63) is 0 Å². The lowest BCUT2D eigenvalue weighted by atomic mass is 10.3. The summed E-state index contributed by atoms with van der Waals surface area (Å²) in [4.78, 5) is 11.2. The van der Waals surface area contributed by atoms with Gasteiger partial charge in [0.2, 0.25) is 0 Å². The monoisotopic (exact) mass is 188 g/mol. The second-order valence-corrected chi connectivity index (χ2v) is 3.21. The molecule has 1 unspecified atom stereocenters. The van der Waals surface area contributed by atoms with Crippen LogP contribution in [0.2, 0.25) is 0 Å². The number of carbonyl (C=O) groups excluding carboxylic acids is 1. The molecule has 0 saturated heterocycles. The van der Waals surface area contributed by atoms with Crippen molar-refractivity contribution in [3.8, 4) is 0 Å². The minimum atomic E-state index is -0.208. The summed E-state index contributed by atoms with van der Waals surface area (Å²) < 4.78 is 4.68. The second kappa shape index (κ2) is 5.94. The van der Waals surface area contributed by atoms with E-state index in [9.17, 15) is 4.79 Å². The molecule has 0 spiro atoms. The van der Waals surface area contributed by atoms with Crippen molar-refractivity contribution < 1.29 is 9.53 Å². The first-order valence-electron chi connectivity index (χ1n) is 4.56. The second-order valence-electron chi connectivity index (χ2n) is 3.21. The minimum Gasteiger partial charge on any atom is -0.468 e. The van der Waals surface area contributed by atoms with Crippen molar-refractivity contribution in [1.29, 1.82) is 0 Å². The number of hydrazine groups is 1. The van der Waals surface area contributed by atoms with Crippen LogP contribution < -0.4 is 0 Å². The smallest absolute Gasteiger partial charge is 0.324 e. The Bertz CT molecular complexity index is 160. The molecule has 13 heavy (non-hydrogen) atoms. The standard InChI is InChI=1S/C9H20N2O2/c1-6-7-11(10(3)4)8(2)9(12)13-5/h8H,6-7H2,1-5H3. The molecule has 0 N–H and O–H groups in total. The quantitative estimate of drug-likeness (QED) is 0.470. The van der Waals surface area contributed by atoms with Crippen LogP contribution in [-0.2, 0) is 9.53 Å². The maximum atomic E-state index is 11.2. The number of hydrogen-bond donors (Lipinski definition) is 0. The number of hydrogen-bond acceptors (Lipinski definition) is 4. The molecular weight excluding hydrogens is 168 g/mol. The Hall–Kier alpha value is -0.610. The predicted octanol–water partition coefficient (Wildman–Crippen LogP) is 0.736. The summed E-state index contributed by atoms with van der Waals surface area (Å²) >= 11 is 0. The largest absolute Gasteiger partial charge is 0.468 e. The van der Waals surface area contributed by atoms with E-state index in [1.54, 1.807) is 0 Å². The van der Waals surface area contributed by atoms with E-state index in [0.717, 1.165) is 13.0 Å². The van der Waals surface area contributed by atoms with Crippen LogP contribution in [0.3, 0.4) is 0 Å². The lowest BCUT2D eigenvalue weighted by Crippen LogP contribution is -2.47. The zero-order valence-corrected chi connectivity index (χ0v) is 9.20. The van der Waals surface area contributed by atoms with E-state index in [0.29, 0.717) is 0 Å². The first-order chi connectivity index (χ1) is 6.04. The molecule has 0 aliphatic heterocycles. The maximum Gasteiger partial charge on any atom is 0.324 e. The van der Waals surface area contributed by atoms with Gasteiger partial charge in [0.25, 0.3) is 0 Å². The van der Waals surface area contributed by atoms with Gasteiger partial charge in [-0.05, 0) is 13.3 Å². The first kappa shape index (κ1) is 12.4. The molecule has 0 rings (SSSR count). The van der Waals surface area contributed by atoms with Crippen LogP contribution in [0.1, 0.15) is 20.3 Å². The fourth-order valence-corrected chi connectivity index (χ4v) is 1.26. The highest BCUT2D eigenvalue weighted by atomic mass is 16.5. The van der Waals surface area contributed by atoms with Crippen molar-refractivity contribution in [1.82, 2.24) is 10.0 Å². The van der Waals surface area contributed by atoms with E-state index < -0.39 is 0 Å². The van der Waals surface area contributed by atoms with Crippen LogP contribution in [0.15, 0.2) is 0 Å². The molecule has 0 fully saturated rings. The van der Waals surface area contributed by atoms with Crippen molar-refractivity contribution in [3.63, 3.8) is 0 Å². The van der Waals surface area contributed by atoms with Crippen molar-refractivity contribution in [2.24, 2.45) is 0 Å². The van der Waals surface area contributed by atoms with Crippen LogP contribution in [0, 0.1) is 0 Å². The van der Waals surface area contributed by atoms with Gasteiger partial charge in [-0.1, -0.05) is 6.92 Å². The van der Waals surface area contributed by atoms with Crippen LogP contribution >= 0.6 is 0 Å². The van der Waals surface area contributed by atoms with Gasteiger partial charge in [-0.15, -0.1) is 0 Å². The number of rotatable bonds is 5. The maximum absolute atomic E-state index is 11.2. The fourth-order valence-electron chi connectivity index (χ4n) is 1.26. The number of ether oxygens (including phenoxy) is 1. The molecule has 0 saturated carbocycles. The molecule has 0 aliphatic carbocycles. The van der Waals surface area contributed by atoms with E-state index in [1.807, 2.05) is 31.0 Å². The Morgan fingerprint density at radius 1 is 1.46 bits per heavy atom. The number of methoxy groups -OCH3 is 1. The van der Waals surface area contributed by atoms with E-state index in [4.69, 9.17) is 0 Å². The van der Waals surface area contributed by atoms with Gasteiger partial charge in [-0.2, -0.15) is 0 Å². The minimum absolute atomic E-state index is 0.192. The van der Waals surface area contributed by atoms with E-state index in [-0.39, 0.29) is 12.0 Å². The Morgan fingerprint density at radius 2 is 2.00 bits per heavy atom. The van der Waals surface area contributed by atoms with Crippen molar-refractivity contribution in [2.75, 3.05) is 27.7 Å². The van der Waals surface area contributed by atoms with Crippen LogP contribution in [-0.4, -0.2) is 49.8 Å². The van der Waals surface area contributed by atoms with E-state index in [1.165, 1.54) is 7.11 Å². The average Bonchev–Trinajstić information content (AvgIpc) is 2.11. The predicted molar refractivity (Wildman–Crippen MR) is 52.2 cm³/mol. The molecule has 0 radical (unpaired) electrons. The van der Waals surface area contributed by atoms with Gasteiger partial charge in [0.1, 0.15) is 6.04 Å². The number of esters is 1. The molecule has 0 amide bonds. The van der Waals surface area contributed by atoms with Gasteiger partial charge in [0.15, 0.2) is 0 Å². The topological polar surface area (TPSA) is 32.8 Å². The van der Waals surface area contributed by atoms with Crippen molar-refractivity contribution >= 4 is 5.97 Å². The summed E-state index contributed by atoms with van der Waals surface area (Å²) in [6, 6.07) is -0.208. The highest BCUT2D eigenvalue weighted by Gasteiger charge is 2.22. The van der Waals surface area contributed by atoms with Crippen LogP contribution in [0.25, 0.3) is 0 Å². The van der Waals surface area contributed by atoms with Crippen LogP contribution in [0.4, 0.5) is 0 Å². The first-order valence-corrected chi connectivity index (χ1v) is 4.56. The Balaban J connectivity index is 4.26. The zero-order valence-electron chi connectivity index (χ0n) is 9.20. The van der Waals surface area contributed by atoms with Crippen molar-refractivity contribution in [2.45, 2.75) is 26.3 Å². The lowest BCUT2D eigenvalue weighted by molar-refractivity contribution is -0.153. The molecule has 0 heterocycles. The summed E-state index contributed by atoms with van der Waals surface area (Å²) in [5.41, 5.74) is 0. The molecular formula is C9H20N2O2. The summed E-state index contributed by atoms with van der Waals surface area (Å²) in [7, 11) is 5.27. The van der Waals surface area contributed by atoms with E-state index in [2.05, 4.69) is 11.7 Å². The number of nitrogens with zero attached hydrogens (tertiary/aromatic N) is 2. The summed E-state index contributed by atoms with van der Waals surface area (Å²) in [6.45, 7) is 4.80. The average molecular weight is 188 g/mol. The highest BCUT2D eigenvalue weighted by molar-refractivity contribution is 5.74. The van der Waals surface area contributed by atoms with Gasteiger partial charge in [-0.3, -0.25) is 4.79 Å². The molecule has 78 valence electrons. The lowest BCUT2D eigenvalue weighted by Gasteiger charge is -2.32. The third kappa shape index (κ3) is 3.74. The Kier molecular flexibility index (Phi) is 5.66. The summed E-state index contributed by atoms with van der Waals surface area (Å²) in [5, 5.41) is 3.90. The molecule has 0 bridgehead atoms. The van der Waals surface area contributed by atoms with Gasteiger partial charge in [0.05, 0.1) is 7.11 Å². The highest BCUT2D eigenvalue weighted by Crippen LogP contribution is 2.03. The Morgan fingerprint density at radius 3 is 2.31 bits per heavy atom. The molecule has 0 aromatic heterocycles. The molecule has 4 heteroatoms. The van der Waals surface area contributed by atoms with Crippen LogP contribution in [0.5, 0.6) is 0 Å². The van der Waals surface area contributed by atoms with Gasteiger partial charge in [-0.25, -0.2) is 10.0 Å². The number of carbonyl (C=O) groups is 1. The Labute approximate surface area is 80.4 Å². The van der Waals surface area contributed by atoms with Gasteiger partial charge in [0, 0.05) is 20.6 Å². The van der Waals surface area contributed by atoms with Gasteiger partial charge < -0.3 is 4.74 Å². The molecule has 1 atom stereocenters. The molecule has 0 aliphatic rings. The van der Waals surface area contributed by atoms with E-state index >= 15 is 0 Å². The summed E-state index contributed by atoms with van der Waals surface area (Å²) in [6.07, 6.45) is 1.01. The molecule has 0 aromatic carbocycles. The molecule has 4 nitrogen and oxygen atoms in total. The van der Waals surface area contributed by atoms with Gasteiger partial charge >= 0.3 is 5.97 Å². The normalized spacial score (nSPS) is 13.5. The third-order valence-corrected chi connectivity index (χ3v) is 1.96. The SMILES string of the molecule is CCCN(C(C)C(=O)OC)N(C)C. The third-order valence-electron chi connectivity index (χ3n) is 1.96. The summed E-state index contributed by atoms with van der Waals surface area (Å²) in [5.74, 6) is -0.192. The zero-order chi connectivity index (χ0) is 10.4.